The third kappa shape index (κ3) is 6.17. The molecule has 0 unspecified atom stereocenters. The second kappa shape index (κ2) is 8.53. The number of hydrogen-bond acceptors (Lipinski definition) is 3. The monoisotopic (exact) mass is 316 g/mol. The van der Waals surface area contributed by atoms with Crippen LogP contribution in [-0.2, 0) is 16.0 Å². The van der Waals surface area contributed by atoms with Crippen molar-refractivity contribution in [1.82, 2.24) is 10.9 Å². The first-order valence-electron chi connectivity index (χ1n) is 7.13. The van der Waals surface area contributed by atoms with Crippen molar-refractivity contribution in [3.63, 3.8) is 0 Å². The van der Waals surface area contributed by atoms with Gasteiger partial charge in [0, 0.05) is 6.42 Å². The minimum Gasteiger partial charge on any atom is -0.484 e. The number of aryl methyl sites for hydroxylation is 1. The van der Waals surface area contributed by atoms with Gasteiger partial charge in [-0.15, -0.1) is 0 Å². The Morgan fingerprint density at radius 2 is 1.57 bits per heavy atom. The van der Waals surface area contributed by atoms with E-state index in [1.165, 1.54) is 24.3 Å². The van der Waals surface area contributed by atoms with Crippen LogP contribution in [0.15, 0.2) is 54.6 Å². The Hall–Kier alpha value is -2.89. The molecule has 0 atom stereocenters. The van der Waals surface area contributed by atoms with Gasteiger partial charge in [0.2, 0.25) is 5.91 Å². The van der Waals surface area contributed by atoms with Crippen LogP contribution in [0.4, 0.5) is 4.39 Å². The Morgan fingerprint density at radius 3 is 2.26 bits per heavy atom. The number of ether oxygens (including phenoxy) is 1. The number of benzene rings is 2. The average Bonchev–Trinajstić information content (AvgIpc) is 2.58. The number of carbonyl (C=O) groups is 2. The standard InChI is InChI=1S/C17H17FN2O3/c18-14-7-9-15(10-8-14)23-12-17(22)20-19-16(21)11-6-13-4-2-1-3-5-13/h1-5,7-10H,6,11-12H2,(H,19,21)(H,20,22). The summed E-state index contributed by atoms with van der Waals surface area (Å²) in [5, 5.41) is 0. The second-order valence-corrected chi connectivity index (χ2v) is 4.82. The van der Waals surface area contributed by atoms with E-state index in [1.54, 1.807) is 0 Å². The van der Waals surface area contributed by atoms with Crippen LogP contribution in [0.1, 0.15) is 12.0 Å². The summed E-state index contributed by atoms with van der Waals surface area (Å²) < 4.78 is 17.9. The Bertz CT molecular complexity index is 645. The lowest BCUT2D eigenvalue weighted by atomic mass is 10.1. The number of nitrogens with one attached hydrogen (secondary N) is 2. The Morgan fingerprint density at radius 1 is 0.913 bits per heavy atom. The zero-order valence-corrected chi connectivity index (χ0v) is 12.4. The summed E-state index contributed by atoms with van der Waals surface area (Å²) in [5.74, 6) is -0.796. The van der Waals surface area contributed by atoms with E-state index in [9.17, 15) is 14.0 Å². The molecule has 0 aromatic heterocycles. The average molecular weight is 316 g/mol. The molecule has 0 aliphatic heterocycles. The largest absolute Gasteiger partial charge is 0.484 e. The number of rotatable bonds is 6. The molecule has 120 valence electrons. The van der Waals surface area contributed by atoms with Gasteiger partial charge in [-0.2, -0.15) is 0 Å². The van der Waals surface area contributed by atoms with E-state index in [2.05, 4.69) is 10.9 Å². The van der Waals surface area contributed by atoms with Crippen LogP contribution in [0.5, 0.6) is 5.75 Å². The summed E-state index contributed by atoms with van der Waals surface area (Å²) in [6.07, 6.45) is 0.859. The minimum atomic E-state index is -0.498. The lowest BCUT2D eigenvalue weighted by Crippen LogP contribution is -2.43. The third-order valence-electron chi connectivity index (χ3n) is 3.01. The van der Waals surface area contributed by atoms with Crippen molar-refractivity contribution in [3.05, 3.63) is 66.0 Å². The van der Waals surface area contributed by atoms with E-state index in [1.807, 2.05) is 30.3 Å². The molecule has 0 heterocycles. The summed E-state index contributed by atoms with van der Waals surface area (Å²) in [4.78, 5) is 23.2. The molecular formula is C17H17FN2O3. The number of hydrogen-bond donors (Lipinski definition) is 2. The zero-order chi connectivity index (χ0) is 16.5. The second-order valence-electron chi connectivity index (χ2n) is 4.82. The van der Waals surface area contributed by atoms with Gasteiger partial charge >= 0.3 is 0 Å². The number of halogens is 1. The highest BCUT2D eigenvalue weighted by Gasteiger charge is 2.06. The van der Waals surface area contributed by atoms with E-state index >= 15 is 0 Å². The quantitative estimate of drug-likeness (QED) is 0.801. The molecule has 2 rings (SSSR count). The first kappa shape index (κ1) is 16.5. The fourth-order valence-corrected chi connectivity index (χ4v) is 1.82. The molecule has 2 aromatic rings. The Balaban J connectivity index is 1.63. The first-order valence-corrected chi connectivity index (χ1v) is 7.13. The van der Waals surface area contributed by atoms with Gasteiger partial charge in [-0.05, 0) is 36.2 Å². The minimum absolute atomic E-state index is 0.267. The normalized spacial score (nSPS) is 9.96. The van der Waals surface area contributed by atoms with Gasteiger partial charge < -0.3 is 4.74 Å². The highest BCUT2D eigenvalue weighted by molar-refractivity contribution is 5.82. The van der Waals surface area contributed by atoms with Crippen LogP contribution < -0.4 is 15.6 Å². The van der Waals surface area contributed by atoms with Crippen molar-refractivity contribution in [1.29, 1.82) is 0 Å². The molecule has 0 radical (unpaired) electrons. The molecule has 2 N–H and O–H groups in total. The molecule has 0 bridgehead atoms. The topological polar surface area (TPSA) is 67.4 Å². The summed E-state index contributed by atoms with van der Waals surface area (Å²) in [6, 6.07) is 14.9. The van der Waals surface area contributed by atoms with E-state index < -0.39 is 5.91 Å². The van der Waals surface area contributed by atoms with E-state index in [0.717, 1.165) is 5.56 Å². The Kier molecular flexibility index (Phi) is 6.11. The van der Waals surface area contributed by atoms with Gasteiger partial charge in [-0.3, -0.25) is 20.4 Å². The van der Waals surface area contributed by atoms with E-state index in [4.69, 9.17) is 4.74 Å². The van der Waals surface area contributed by atoms with Gasteiger partial charge in [0.05, 0.1) is 0 Å². The number of amides is 2. The molecule has 0 aliphatic carbocycles. The van der Waals surface area contributed by atoms with E-state index in [-0.39, 0.29) is 24.8 Å². The van der Waals surface area contributed by atoms with Crippen molar-refractivity contribution in [2.45, 2.75) is 12.8 Å². The number of hydrazine groups is 1. The smallest absolute Gasteiger partial charge is 0.276 e. The van der Waals surface area contributed by atoms with Gasteiger partial charge in [-0.1, -0.05) is 30.3 Å². The molecule has 0 saturated heterocycles. The molecule has 0 fully saturated rings. The number of carbonyl (C=O) groups excluding carboxylic acids is 2. The van der Waals surface area contributed by atoms with Gasteiger partial charge in [-0.25, -0.2) is 4.39 Å². The lowest BCUT2D eigenvalue weighted by molar-refractivity contribution is -0.130. The van der Waals surface area contributed by atoms with Crippen LogP contribution in [0, 0.1) is 5.82 Å². The molecule has 0 spiro atoms. The SMILES string of the molecule is O=C(CCc1ccccc1)NNC(=O)COc1ccc(F)cc1. The van der Waals surface area contributed by atoms with Crippen molar-refractivity contribution < 1.29 is 18.7 Å². The van der Waals surface area contributed by atoms with Crippen molar-refractivity contribution in [3.8, 4) is 5.75 Å². The van der Waals surface area contributed by atoms with Crippen molar-refractivity contribution >= 4 is 11.8 Å². The Labute approximate surface area is 133 Å². The summed E-state index contributed by atoms with van der Waals surface area (Å²) in [7, 11) is 0. The molecule has 2 aromatic carbocycles. The molecule has 23 heavy (non-hydrogen) atoms. The van der Waals surface area contributed by atoms with Crippen LogP contribution in [0.25, 0.3) is 0 Å². The fraction of sp³-hybridized carbons (Fsp3) is 0.176. The maximum atomic E-state index is 12.7. The van der Waals surface area contributed by atoms with Crippen LogP contribution in [0.2, 0.25) is 0 Å². The summed E-state index contributed by atoms with van der Waals surface area (Å²) >= 11 is 0. The van der Waals surface area contributed by atoms with E-state index in [0.29, 0.717) is 12.2 Å². The lowest BCUT2D eigenvalue weighted by Gasteiger charge is -2.09. The van der Waals surface area contributed by atoms with Gasteiger partial charge in [0.1, 0.15) is 11.6 Å². The van der Waals surface area contributed by atoms with Crippen molar-refractivity contribution in [2.75, 3.05) is 6.61 Å². The third-order valence-corrected chi connectivity index (χ3v) is 3.01. The molecule has 6 heteroatoms. The van der Waals surface area contributed by atoms with Gasteiger partial charge in [0.15, 0.2) is 6.61 Å². The first-order chi connectivity index (χ1) is 11.1. The molecule has 0 saturated carbocycles. The maximum absolute atomic E-state index is 12.7. The highest BCUT2D eigenvalue weighted by Crippen LogP contribution is 2.10. The highest BCUT2D eigenvalue weighted by atomic mass is 19.1. The summed E-state index contributed by atoms with van der Waals surface area (Å²) in [6.45, 7) is -0.273. The fourth-order valence-electron chi connectivity index (χ4n) is 1.82. The zero-order valence-electron chi connectivity index (χ0n) is 12.4. The maximum Gasteiger partial charge on any atom is 0.276 e. The van der Waals surface area contributed by atoms with Crippen molar-refractivity contribution in [2.24, 2.45) is 0 Å². The molecule has 5 nitrogen and oxygen atoms in total. The van der Waals surface area contributed by atoms with Crippen LogP contribution in [0.3, 0.4) is 0 Å². The molecule has 0 aliphatic rings. The summed E-state index contributed by atoms with van der Waals surface area (Å²) in [5.41, 5.74) is 5.63. The molecular weight excluding hydrogens is 299 g/mol. The van der Waals surface area contributed by atoms with Crippen LogP contribution in [-0.4, -0.2) is 18.4 Å². The predicted octanol–water partition coefficient (Wildman–Crippen LogP) is 1.98. The van der Waals surface area contributed by atoms with Crippen LogP contribution >= 0.6 is 0 Å². The molecule has 2 amide bonds. The van der Waals surface area contributed by atoms with Gasteiger partial charge in [0.25, 0.3) is 5.91 Å². The predicted molar refractivity (Wildman–Crippen MR) is 82.9 cm³/mol.